The first-order valence-electron chi connectivity index (χ1n) is 8.42. The van der Waals surface area contributed by atoms with Gasteiger partial charge in [0.15, 0.2) is 5.60 Å². The van der Waals surface area contributed by atoms with Crippen molar-refractivity contribution < 1.29 is 14.7 Å². The molecule has 0 spiro atoms. The van der Waals surface area contributed by atoms with E-state index < -0.39 is 11.5 Å². The highest BCUT2D eigenvalue weighted by Gasteiger charge is 2.32. The van der Waals surface area contributed by atoms with Gasteiger partial charge in [-0.3, -0.25) is 9.59 Å². The van der Waals surface area contributed by atoms with E-state index in [4.69, 9.17) is 0 Å². The Morgan fingerprint density at radius 1 is 0.960 bits per heavy atom. The molecule has 132 valence electrons. The van der Waals surface area contributed by atoms with Gasteiger partial charge in [-0.05, 0) is 43.2 Å². The predicted molar refractivity (Wildman–Crippen MR) is 99.2 cm³/mol. The Morgan fingerprint density at radius 2 is 1.52 bits per heavy atom. The molecule has 2 amide bonds. The van der Waals surface area contributed by atoms with E-state index in [0.29, 0.717) is 23.4 Å². The Kier molecular flexibility index (Phi) is 6.31. The van der Waals surface area contributed by atoms with Gasteiger partial charge < -0.3 is 15.7 Å². The largest absolute Gasteiger partial charge is 0.376 e. The van der Waals surface area contributed by atoms with Gasteiger partial charge in [0.25, 0.3) is 5.91 Å². The topological polar surface area (TPSA) is 78.4 Å². The third-order valence-corrected chi connectivity index (χ3v) is 3.96. The molecule has 2 aromatic rings. The molecule has 0 unspecified atom stereocenters. The van der Waals surface area contributed by atoms with Gasteiger partial charge in [-0.15, -0.1) is 0 Å². The molecule has 25 heavy (non-hydrogen) atoms. The summed E-state index contributed by atoms with van der Waals surface area (Å²) in [6, 6.07) is 15.6. The number of aliphatic hydroxyl groups is 1. The summed E-state index contributed by atoms with van der Waals surface area (Å²) < 4.78 is 0. The third kappa shape index (κ3) is 5.16. The van der Waals surface area contributed by atoms with E-state index in [1.54, 1.807) is 48.5 Å². The summed E-state index contributed by atoms with van der Waals surface area (Å²) in [6.45, 7) is 3.50. The molecule has 0 aliphatic heterocycles. The van der Waals surface area contributed by atoms with Crippen LogP contribution in [0.25, 0.3) is 0 Å². The van der Waals surface area contributed by atoms with Crippen molar-refractivity contribution in [3.63, 3.8) is 0 Å². The number of anilines is 2. The molecule has 0 aliphatic rings. The fourth-order valence-electron chi connectivity index (χ4n) is 2.34. The lowest BCUT2D eigenvalue weighted by atomic mass is 9.95. The summed E-state index contributed by atoms with van der Waals surface area (Å²) in [7, 11) is 0. The number of amides is 2. The van der Waals surface area contributed by atoms with Crippen LogP contribution in [-0.2, 0) is 15.2 Å². The summed E-state index contributed by atoms with van der Waals surface area (Å²) in [4.78, 5) is 24.1. The quantitative estimate of drug-likeness (QED) is 0.720. The molecular weight excluding hydrogens is 316 g/mol. The Labute approximate surface area is 148 Å². The molecule has 0 radical (unpaired) electrons. The molecule has 0 heterocycles. The molecule has 1 atom stereocenters. The van der Waals surface area contributed by atoms with Crippen molar-refractivity contribution in [1.29, 1.82) is 0 Å². The average molecular weight is 340 g/mol. The Bertz CT molecular complexity index is 709. The summed E-state index contributed by atoms with van der Waals surface area (Å²) in [5, 5.41) is 16.0. The highest BCUT2D eigenvalue weighted by atomic mass is 16.3. The zero-order valence-corrected chi connectivity index (χ0v) is 14.6. The van der Waals surface area contributed by atoms with Crippen molar-refractivity contribution in [1.82, 2.24) is 0 Å². The number of carbonyl (C=O) groups is 2. The van der Waals surface area contributed by atoms with E-state index in [1.807, 2.05) is 13.0 Å². The fraction of sp³-hybridized carbons (Fsp3) is 0.300. The average Bonchev–Trinajstić information content (AvgIpc) is 2.62. The third-order valence-electron chi connectivity index (χ3n) is 3.96. The molecule has 0 saturated carbocycles. The lowest BCUT2D eigenvalue weighted by Gasteiger charge is -2.22. The Balaban J connectivity index is 1.99. The SMILES string of the molecule is CCCCC(=O)Nc1ccc(NC(=O)[C@@](C)(O)c2ccccc2)cc1. The molecule has 0 fully saturated rings. The number of rotatable bonds is 7. The van der Waals surface area contributed by atoms with E-state index in [2.05, 4.69) is 10.6 Å². The minimum Gasteiger partial charge on any atom is -0.376 e. The summed E-state index contributed by atoms with van der Waals surface area (Å²) in [5.41, 5.74) is 0.114. The van der Waals surface area contributed by atoms with E-state index in [9.17, 15) is 14.7 Å². The number of hydrogen-bond donors (Lipinski definition) is 3. The first-order chi connectivity index (χ1) is 11.9. The summed E-state index contributed by atoms with van der Waals surface area (Å²) >= 11 is 0. The number of benzene rings is 2. The van der Waals surface area contributed by atoms with Crippen molar-refractivity contribution in [3.8, 4) is 0 Å². The molecule has 0 aromatic heterocycles. The first-order valence-corrected chi connectivity index (χ1v) is 8.42. The first kappa shape index (κ1) is 18.7. The zero-order chi connectivity index (χ0) is 18.3. The summed E-state index contributed by atoms with van der Waals surface area (Å²) in [6.07, 6.45) is 2.32. The van der Waals surface area contributed by atoms with E-state index in [1.165, 1.54) is 6.92 Å². The second-order valence-electron chi connectivity index (χ2n) is 6.12. The van der Waals surface area contributed by atoms with Gasteiger partial charge >= 0.3 is 0 Å². The standard InChI is InChI=1S/C20H24N2O3/c1-3-4-10-18(23)21-16-11-13-17(14-12-16)22-19(24)20(2,25)15-8-6-5-7-9-15/h5-9,11-14,25H,3-4,10H2,1-2H3,(H,21,23)(H,22,24)/t20-/m0/s1. The second-order valence-corrected chi connectivity index (χ2v) is 6.12. The van der Waals surface area contributed by atoms with Gasteiger partial charge in [-0.25, -0.2) is 0 Å². The van der Waals surface area contributed by atoms with Crippen LogP contribution in [0, 0.1) is 0 Å². The van der Waals surface area contributed by atoms with Gasteiger partial charge in [0.2, 0.25) is 5.91 Å². The molecule has 5 heteroatoms. The van der Waals surface area contributed by atoms with Crippen LogP contribution in [0.2, 0.25) is 0 Å². The Hall–Kier alpha value is -2.66. The minimum atomic E-state index is -1.63. The van der Waals surface area contributed by atoms with Gasteiger partial charge in [0.05, 0.1) is 0 Å². The zero-order valence-electron chi connectivity index (χ0n) is 14.6. The van der Waals surface area contributed by atoms with E-state index in [-0.39, 0.29) is 5.91 Å². The van der Waals surface area contributed by atoms with Gasteiger partial charge in [0, 0.05) is 17.8 Å². The van der Waals surface area contributed by atoms with E-state index >= 15 is 0 Å². The highest BCUT2D eigenvalue weighted by molar-refractivity contribution is 5.98. The smallest absolute Gasteiger partial charge is 0.260 e. The minimum absolute atomic E-state index is 0.0225. The van der Waals surface area contributed by atoms with Crippen molar-refractivity contribution in [2.75, 3.05) is 10.6 Å². The normalized spacial score (nSPS) is 12.9. The van der Waals surface area contributed by atoms with Crippen LogP contribution >= 0.6 is 0 Å². The van der Waals surface area contributed by atoms with Crippen LogP contribution in [0.4, 0.5) is 11.4 Å². The molecule has 0 saturated heterocycles. The molecular formula is C20H24N2O3. The number of carbonyl (C=O) groups excluding carboxylic acids is 2. The van der Waals surface area contributed by atoms with Crippen molar-refractivity contribution >= 4 is 23.2 Å². The van der Waals surface area contributed by atoms with Crippen molar-refractivity contribution in [3.05, 3.63) is 60.2 Å². The van der Waals surface area contributed by atoms with Crippen molar-refractivity contribution in [2.45, 2.75) is 38.7 Å². The van der Waals surface area contributed by atoms with Gasteiger partial charge in [0.1, 0.15) is 0 Å². The number of unbranched alkanes of at least 4 members (excludes halogenated alkanes) is 1. The molecule has 5 nitrogen and oxygen atoms in total. The fourth-order valence-corrected chi connectivity index (χ4v) is 2.34. The summed E-state index contributed by atoms with van der Waals surface area (Å²) in [5.74, 6) is -0.538. The molecule has 0 bridgehead atoms. The predicted octanol–water partition coefficient (Wildman–Crippen LogP) is 3.66. The Morgan fingerprint density at radius 3 is 2.08 bits per heavy atom. The van der Waals surface area contributed by atoms with E-state index in [0.717, 1.165) is 12.8 Å². The van der Waals surface area contributed by atoms with Gasteiger partial charge in [-0.1, -0.05) is 43.7 Å². The van der Waals surface area contributed by atoms with Crippen LogP contribution in [0.1, 0.15) is 38.7 Å². The number of hydrogen-bond acceptors (Lipinski definition) is 3. The molecule has 2 rings (SSSR count). The van der Waals surface area contributed by atoms with Crippen molar-refractivity contribution in [2.24, 2.45) is 0 Å². The van der Waals surface area contributed by atoms with Crippen LogP contribution < -0.4 is 10.6 Å². The monoisotopic (exact) mass is 340 g/mol. The highest BCUT2D eigenvalue weighted by Crippen LogP contribution is 2.23. The maximum atomic E-state index is 12.4. The molecule has 0 aliphatic carbocycles. The molecule has 3 N–H and O–H groups in total. The van der Waals surface area contributed by atoms with Gasteiger partial charge in [-0.2, -0.15) is 0 Å². The van der Waals surface area contributed by atoms with Crippen LogP contribution in [0.15, 0.2) is 54.6 Å². The van der Waals surface area contributed by atoms with Crippen LogP contribution in [0.3, 0.4) is 0 Å². The maximum absolute atomic E-state index is 12.4. The second kappa shape index (κ2) is 8.44. The van der Waals surface area contributed by atoms with Crippen LogP contribution in [-0.4, -0.2) is 16.9 Å². The lowest BCUT2D eigenvalue weighted by Crippen LogP contribution is -2.37. The number of nitrogens with one attached hydrogen (secondary N) is 2. The van der Waals surface area contributed by atoms with Crippen LogP contribution in [0.5, 0.6) is 0 Å². The molecule has 2 aromatic carbocycles. The lowest BCUT2D eigenvalue weighted by molar-refractivity contribution is -0.133. The maximum Gasteiger partial charge on any atom is 0.260 e.